The summed E-state index contributed by atoms with van der Waals surface area (Å²) < 4.78 is 11.7. The minimum absolute atomic E-state index is 0.221. The fourth-order valence-corrected chi connectivity index (χ4v) is 2.97. The summed E-state index contributed by atoms with van der Waals surface area (Å²) in [6.07, 6.45) is -0.221. The van der Waals surface area contributed by atoms with E-state index in [4.69, 9.17) is 9.47 Å². The average molecular weight is 313 g/mol. The molecule has 1 heterocycles. The summed E-state index contributed by atoms with van der Waals surface area (Å²) in [7, 11) is 0. The Morgan fingerprint density at radius 2 is 1.70 bits per heavy atom. The number of hydroxylamine groups is 2. The molecule has 0 radical (unpaired) electrons. The molecule has 4 nitrogen and oxygen atoms in total. The van der Waals surface area contributed by atoms with Gasteiger partial charge in [-0.25, -0.2) is 0 Å². The van der Waals surface area contributed by atoms with Crippen molar-refractivity contribution in [3.8, 4) is 0 Å². The zero-order valence-corrected chi connectivity index (χ0v) is 13.6. The van der Waals surface area contributed by atoms with Crippen molar-refractivity contribution in [2.75, 3.05) is 6.61 Å². The van der Waals surface area contributed by atoms with Gasteiger partial charge in [0.2, 0.25) is 0 Å². The third kappa shape index (κ3) is 3.98. The molecule has 0 bridgehead atoms. The highest BCUT2D eigenvalue weighted by Gasteiger charge is 2.40. The second-order valence-electron chi connectivity index (χ2n) is 6.31. The Bertz CT molecular complexity index is 615. The molecule has 23 heavy (non-hydrogen) atoms. The molecule has 3 rings (SSSR count). The first-order valence-corrected chi connectivity index (χ1v) is 7.91. The van der Waals surface area contributed by atoms with E-state index >= 15 is 0 Å². The van der Waals surface area contributed by atoms with Crippen molar-refractivity contribution in [3.63, 3.8) is 0 Å². The van der Waals surface area contributed by atoms with Crippen LogP contribution in [0.5, 0.6) is 0 Å². The number of hydrogen-bond donors (Lipinski definition) is 1. The predicted octanol–water partition coefficient (Wildman–Crippen LogP) is 3.77. The topological polar surface area (TPSA) is 41.9 Å². The number of hydrogen-bond acceptors (Lipinski definition) is 4. The zero-order chi connectivity index (χ0) is 16.3. The monoisotopic (exact) mass is 313 g/mol. The third-order valence-electron chi connectivity index (χ3n) is 4.03. The largest absolute Gasteiger partial charge is 0.348 e. The lowest BCUT2D eigenvalue weighted by atomic mass is 10.0. The maximum absolute atomic E-state index is 10.7. The summed E-state index contributed by atoms with van der Waals surface area (Å²) in [5.41, 5.74) is 2.06. The van der Waals surface area contributed by atoms with Gasteiger partial charge in [-0.05, 0) is 25.0 Å². The first-order chi connectivity index (χ1) is 11.1. The SMILES string of the molecule is CC1(C)OC[C@@H]([C@@H](c2ccccc2)N(O)Cc2ccccc2)O1. The molecule has 0 spiro atoms. The van der Waals surface area contributed by atoms with Crippen molar-refractivity contribution < 1.29 is 14.7 Å². The fraction of sp³-hybridized carbons (Fsp3) is 0.368. The van der Waals surface area contributed by atoms with E-state index in [9.17, 15) is 5.21 Å². The molecule has 1 fully saturated rings. The van der Waals surface area contributed by atoms with E-state index in [2.05, 4.69) is 0 Å². The molecule has 1 aliphatic heterocycles. The van der Waals surface area contributed by atoms with Crippen molar-refractivity contribution in [2.45, 2.75) is 38.3 Å². The molecule has 2 aromatic carbocycles. The first-order valence-electron chi connectivity index (χ1n) is 7.91. The van der Waals surface area contributed by atoms with Gasteiger partial charge in [-0.2, -0.15) is 5.06 Å². The van der Waals surface area contributed by atoms with Gasteiger partial charge in [0, 0.05) is 6.54 Å². The Morgan fingerprint density at radius 3 is 2.26 bits per heavy atom. The van der Waals surface area contributed by atoms with Crippen LogP contribution in [-0.4, -0.2) is 28.8 Å². The summed E-state index contributed by atoms with van der Waals surface area (Å²) in [5, 5.41) is 12.1. The quantitative estimate of drug-likeness (QED) is 0.853. The van der Waals surface area contributed by atoms with Gasteiger partial charge >= 0.3 is 0 Å². The van der Waals surface area contributed by atoms with Crippen LogP contribution >= 0.6 is 0 Å². The highest BCUT2D eigenvalue weighted by molar-refractivity contribution is 5.21. The van der Waals surface area contributed by atoms with E-state index in [1.54, 1.807) is 0 Å². The molecule has 1 saturated heterocycles. The predicted molar refractivity (Wildman–Crippen MR) is 87.9 cm³/mol. The van der Waals surface area contributed by atoms with Gasteiger partial charge in [-0.3, -0.25) is 0 Å². The van der Waals surface area contributed by atoms with Crippen LogP contribution in [0.1, 0.15) is 31.0 Å². The van der Waals surface area contributed by atoms with Crippen LogP contribution in [0.2, 0.25) is 0 Å². The average Bonchev–Trinajstić information content (AvgIpc) is 2.89. The molecule has 0 aliphatic carbocycles. The highest BCUT2D eigenvalue weighted by atomic mass is 16.7. The minimum Gasteiger partial charge on any atom is -0.348 e. The summed E-state index contributed by atoms with van der Waals surface area (Å²) in [6.45, 7) is 4.68. The fourth-order valence-electron chi connectivity index (χ4n) is 2.97. The van der Waals surface area contributed by atoms with E-state index in [-0.39, 0.29) is 12.1 Å². The molecule has 1 aliphatic rings. The first kappa shape index (κ1) is 16.1. The van der Waals surface area contributed by atoms with Gasteiger partial charge in [-0.15, -0.1) is 0 Å². The molecule has 0 unspecified atom stereocenters. The van der Waals surface area contributed by atoms with Crippen LogP contribution in [0.3, 0.4) is 0 Å². The summed E-state index contributed by atoms with van der Waals surface area (Å²) in [6, 6.07) is 19.6. The van der Waals surface area contributed by atoms with E-state index in [1.807, 2.05) is 74.5 Å². The van der Waals surface area contributed by atoms with Gasteiger partial charge in [0.1, 0.15) is 6.10 Å². The molecule has 122 valence electrons. The van der Waals surface area contributed by atoms with E-state index in [0.29, 0.717) is 13.2 Å². The second-order valence-corrected chi connectivity index (χ2v) is 6.31. The van der Waals surface area contributed by atoms with Gasteiger partial charge in [0.25, 0.3) is 0 Å². The van der Waals surface area contributed by atoms with Crippen LogP contribution in [0.4, 0.5) is 0 Å². The van der Waals surface area contributed by atoms with E-state index in [1.165, 1.54) is 5.06 Å². The second kappa shape index (κ2) is 6.81. The summed E-state index contributed by atoms with van der Waals surface area (Å²) in [4.78, 5) is 0. The molecule has 4 heteroatoms. The van der Waals surface area contributed by atoms with E-state index in [0.717, 1.165) is 11.1 Å². The minimum atomic E-state index is -0.620. The number of nitrogens with zero attached hydrogens (tertiary/aromatic N) is 1. The Morgan fingerprint density at radius 1 is 1.09 bits per heavy atom. The Balaban J connectivity index is 1.83. The molecule has 1 N–H and O–H groups in total. The Hall–Kier alpha value is -1.72. The normalized spacial score (nSPS) is 21.5. The van der Waals surface area contributed by atoms with Crippen LogP contribution in [0.15, 0.2) is 60.7 Å². The number of rotatable bonds is 5. The molecule has 2 aromatic rings. The summed E-state index contributed by atoms with van der Waals surface area (Å²) in [5.74, 6) is -0.620. The maximum atomic E-state index is 10.7. The van der Waals surface area contributed by atoms with Crippen LogP contribution in [0, 0.1) is 0 Å². The maximum Gasteiger partial charge on any atom is 0.163 e. The van der Waals surface area contributed by atoms with E-state index < -0.39 is 5.79 Å². The van der Waals surface area contributed by atoms with Crippen molar-refractivity contribution in [3.05, 3.63) is 71.8 Å². The molecule has 2 atom stereocenters. The summed E-state index contributed by atoms with van der Waals surface area (Å²) >= 11 is 0. The standard InChI is InChI=1S/C19H23NO3/c1-19(2)22-14-17(23-19)18(16-11-7-4-8-12-16)20(21)13-15-9-5-3-6-10-15/h3-12,17-18,21H,13-14H2,1-2H3/t17-,18+/m0/s1. The zero-order valence-electron chi connectivity index (χ0n) is 13.6. The molecular weight excluding hydrogens is 290 g/mol. The van der Waals surface area contributed by atoms with Gasteiger partial charge in [-0.1, -0.05) is 60.7 Å². The van der Waals surface area contributed by atoms with Gasteiger partial charge in [0.05, 0.1) is 12.6 Å². The van der Waals surface area contributed by atoms with Crippen molar-refractivity contribution in [2.24, 2.45) is 0 Å². The molecule has 0 saturated carbocycles. The highest BCUT2D eigenvalue weighted by Crippen LogP contribution is 2.34. The van der Waals surface area contributed by atoms with Crippen molar-refractivity contribution >= 4 is 0 Å². The van der Waals surface area contributed by atoms with Crippen molar-refractivity contribution in [1.29, 1.82) is 0 Å². The lowest BCUT2D eigenvalue weighted by molar-refractivity contribution is -0.191. The molecule has 0 aromatic heterocycles. The van der Waals surface area contributed by atoms with Gasteiger partial charge < -0.3 is 14.7 Å². The van der Waals surface area contributed by atoms with Crippen molar-refractivity contribution in [1.82, 2.24) is 5.06 Å². The van der Waals surface area contributed by atoms with Crippen LogP contribution in [-0.2, 0) is 16.0 Å². The smallest absolute Gasteiger partial charge is 0.163 e. The molecule has 0 amide bonds. The lowest BCUT2D eigenvalue weighted by Crippen LogP contribution is -2.36. The Kier molecular flexibility index (Phi) is 4.78. The van der Waals surface area contributed by atoms with Gasteiger partial charge in [0.15, 0.2) is 5.79 Å². The Labute approximate surface area is 137 Å². The third-order valence-corrected chi connectivity index (χ3v) is 4.03. The van der Waals surface area contributed by atoms with Crippen LogP contribution in [0.25, 0.3) is 0 Å². The van der Waals surface area contributed by atoms with Crippen LogP contribution < -0.4 is 0 Å². The number of ether oxygens (including phenoxy) is 2. The lowest BCUT2D eigenvalue weighted by Gasteiger charge is -2.31. The number of benzene rings is 2. The molecular formula is C19H23NO3.